The summed E-state index contributed by atoms with van der Waals surface area (Å²) in [5.41, 5.74) is 5.77. The summed E-state index contributed by atoms with van der Waals surface area (Å²) in [6.45, 7) is 3.44. The molecular weight excluding hydrogens is 260 g/mol. The maximum atomic E-state index is 11.9. The van der Waals surface area contributed by atoms with Crippen LogP contribution in [-0.4, -0.2) is 31.0 Å². The average molecular weight is 280 g/mol. The number of aromatic nitrogens is 1. The molecule has 3 N–H and O–H groups in total. The van der Waals surface area contributed by atoms with Gasteiger partial charge < -0.3 is 16.0 Å². The van der Waals surface area contributed by atoms with Gasteiger partial charge in [-0.1, -0.05) is 11.3 Å². The van der Waals surface area contributed by atoms with Crippen LogP contribution in [0.3, 0.4) is 0 Å². The molecule has 0 aliphatic heterocycles. The van der Waals surface area contributed by atoms with Crippen molar-refractivity contribution in [3.63, 3.8) is 0 Å². The minimum absolute atomic E-state index is 0.161. The third kappa shape index (κ3) is 4.45. The fourth-order valence-electron chi connectivity index (χ4n) is 1.42. The molecule has 1 amide bonds. The second-order valence-electron chi connectivity index (χ2n) is 4.14. The van der Waals surface area contributed by atoms with Gasteiger partial charge in [-0.05, 0) is 19.8 Å². The lowest BCUT2D eigenvalue weighted by Gasteiger charge is -2.10. The van der Waals surface area contributed by atoms with E-state index in [0.717, 1.165) is 30.9 Å². The Bertz CT molecular complexity index is 464. The van der Waals surface area contributed by atoms with E-state index < -0.39 is 0 Å². The molecule has 0 atom stereocenters. The van der Waals surface area contributed by atoms with E-state index in [4.69, 9.17) is 12.2 Å². The predicted octanol–water partition coefficient (Wildman–Crippen LogP) is 1.71. The Hall–Kier alpha value is -1.74. The summed E-state index contributed by atoms with van der Waals surface area (Å²) in [6, 6.07) is 0. The van der Waals surface area contributed by atoms with Crippen LogP contribution in [0.1, 0.15) is 35.9 Å². The smallest absolute Gasteiger partial charge is 0.265 e. The molecule has 19 heavy (non-hydrogen) atoms. The highest BCUT2D eigenvalue weighted by molar-refractivity contribution is 7.18. The number of terminal acetylenes is 1. The standard InChI is InChI=1S/C13H20N4OS/c1-4-6-7-8-9-15-12(18)10-11(14)16-13(19-10)17(3)5-2/h1H,5-9,14H2,2-3H3,(H,15,18). The Balaban J connectivity index is 2.53. The first-order chi connectivity index (χ1) is 9.10. The van der Waals surface area contributed by atoms with Crippen molar-refractivity contribution >= 4 is 28.2 Å². The number of unbranched alkanes of at least 4 members (excludes halogenated alkanes) is 2. The molecule has 0 saturated carbocycles. The van der Waals surface area contributed by atoms with Crippen LogP contribution in [-0.2, 0) is 0 Å². The van der Waals surface area contributed by atoms with Crippen molar-refractivity contribution in [2.45, 2.75) is 26.2 Å². The van der Waals surface area contributed by atoms with Gasteiger partial charge in [0, 0.05) is 26.6 Å². The third-order valence-corrected chi connectivity index (χ3v) is 3.87. The molecule has 0 aliphatic rings. The highest BCUT2D eigenvalue weighted by Gasteiger charge is 2.17. The van der Waals surface area contributed by atoms with Crippen LogP contribution in [0.15, 0.2) is 0 Å². The van der Waals surface area contributed by atoms with Crippen molar-refractivity contribution < 1.29 is 4.79 Å². The number of nitrogens with one attached hydrogen (secondary N) is 1. The first-order valence-corrected chi connectivity index (χ1v) is 7.10. The number of anilines is 2. The molecule has 6 heteroatoms. The maximum absolute atomic E-state index is 11.9. The monoisotopic (exact) mass is 280 g/mol. The van der Waals surface area contributed by atoms with Crippen molar-refractivity contribution in [1.29, 1.82) is 0 Å². The third-order valence-electron chi connectivity index (χ3n) is 2.68. The molecule has 0 aromatic carbocycles. The number of hydrogen-bond acceptors (Lipinski definition) is 5. The molecule has 1 aromatic rings. The van der Waals surface area contributed by atoms with E-state index in [1.165, 1.54) is 11.3 Å². The van der Waals surface area contributed by atoms with E-state index in [1.807, 2.05) is 18.9 Å². The van der Waals surface area contributed by atoms with Crippen LogP contribution in [0, 0.1) is 12.3 Å². The van der Waals surface area contributed by atoms with Crippen LogP contribution in [0.4, 0.5) is 10.9 Å². The highest BCUT2D eigenvalue weighted by atomic mass is 32.1. The zero-order valence-electron chi connectivity index (χ0n) is 11.4. The van der Waals surface area contributed by atoms with Gasteiger partial charge in [-0.25, -0.2) is 4.98 Å². The summed E-state index contributed by atoms with van der Waals surface area (Å²) in [6.07, 6.45) is 7.69. The number of hydrogen-bond donors (Lipinski definition) is 2. The number of thiazole rings is 1. The van der Waals surface area contributed by atoms with Gasteiger partial charge in [-0.15, -0.1) is 12.3 Å². The van der Waals surface area contributed by atoms with Crippen LogP contribution in [0.2, 0.25) is 0 Å². The van der Waals surface area contributed by atoms with Crippen molar-refractivity contribution in [3.8, 4) is 12.3 Å². The number of nitrogen functional groups attached to an aromatic ring is 1. The molecule has 0 saturated heterocycles. The summed E-state index contributed by atoms with van der Waals surface area (Å²) in [4.78, 5) is 18.6. The molecule has 104 valence electrons. The topological polar surface area (TPSA) is 71.2 Å². The molecule has 0 aliphatic carbocycles. The first kappa shape index (κ1) is 15.3. The fraction of sp³-hybridized carbons (Fsp3) is 0.538. The van der Waals surface area contributed by atoms with E-state index in [0.29, 0.717) is 17.2 Å². The number of nitrogens with two attached hydrogens (primary N) is 1. The number of rotatable bonds is 7. The molecular formula is C13H20N4OS. The molecule has 0 unspecified atom stereocenters. The molecule has 0 bridgehead atoms. The maximum Gasteiger partial charge on any atom is 0.265 e. The molecule has 1 rings (SSSR count). The molecule has 5 nitrogen and oxygen atoms in total. The number of carbonyl (C=O) groups excluding carboxylic acids is 1. The minimum Gasteiger partial charge on any atom is -0.382 e. The normalized spacial score (nSPS) is 9.95. The van der Waals surface area contributed by atoms with E-state index in [9.17, 15) is 4.79 Å². The van der Waals surface area contributed by atoms with Gasteiger partial charge in [0.15, 0.2) is 5.13 Å². The zero-order chi connectivity index (χ0) is 14.3. The van der Waals surface area contributed by atoms with Crippen molar-refractivity contribution in [2.24, 2.45) is 0 Å². The van der Waals surface area contributed by atoms with Gasteiger partial charge in [-0.3, -0.25) is 4.79 Å². The minimum atomic E-state index is -0.161. The lowest BCUT2D eigenvalue weighted by atomic mass is 10.2. The summed E-state index contributed by atoms with van der Waals surface area (Å²) in [5.74, 6) is 2.70. The van der Waals surface area contributed by atoms with Crippen molar-refractivity contribution in [2.75, 3.05) is 30.8 Å². The van der Waals surface area contributed by atoms with Gasteiger partial charge in [0.2, 0.25) is 0 Å². The fourth-order valence-corrected chi connectivity index (χ4v) is 2.34. The molecule has 0 radical (unpaired) electrons. The predicted molar refractivity (Wildman–Crippen MR) is 80.5 cm³/mol. The second kappa shape index (κ2) is 7.64. The first-order valence-electron chi connectivity index (χ1n) is 6.29. The van der Waals surface area contributed by atoms with Crippen molar-refractivity contribution in [3.05, 3.63) is 4.88 Å². The van der Waals surface area contributed by atoms with E-state index in [-0.39, 0.29) is 5.91 Å². The second-order valence-corrected chi connectivity index (χ2v) is 5.12. The van der Waals surface area contributed by atoms with Gasteiger partial charge in [0.1, 0.15) is 10.7 Å². The largest absolute Gasteiger partial charge is 0.382 e. The number of amides is 1. The summed E-state index contributed by atoms with van der Waals surface area (Å²) < 4.78 is 0. The summed E-state index contributed by atoms with van der Waals surface area (Å²) in [5, 5.41) is 3.59. The quantitative estimate of drug-likeness (QED) is 0.589. The lowest BCUT2D eigenvalue weighted by molar-refractivity contribution is 0.0958. The van der Waals surface area contributed by atoms with Crippen LogP contribution in [0.25, 0.3) is 0 Å². The van der Waals surface area contributed by atoms with E-state index in [2.05, 4.69) is 16.2 Å². The van der Waals surface area contributed by atoms with Gasteiger partial charge in [0.05, 0.1) is 0 Å². The number of nitrogens with zero attached hydrogens (tertiary/aromatic N) is 2. The van der Waals surface area contributed by atoms with Crippen LogP contribution in [0.5, 0.6) is 0 Å². The number of carbonyl (C=O) groups is 1. The van der Waals surface area contributed by atoms with Gasteiger partial charge >= 0.3 is 0 Å². The van der Waals surface area contributed by atoms with Crippen molar-refractivity contribution in [1.82, 2.24) is 10.3 Å². The van der Waals surface area contributed by atoms with Gasteiger partial charge in [0.25, 0.3) is 5.91 Å². The summed E-state index contributed by atoms with van der Waals surface area (Å²) >= 11 is 1.31. The molecule has 0 spiro atoms. The Labute approximate surface area is 118 Å². The SMILES string of the molecule is C#CCCCCNC(=O)c1sc(N(C)CC)nc1N. The Morgan fingerprint density at radius 3 is 2.95 bits per heavy atom. The van der Waals surface area contributed by atoms with Gasteiger partial charge in [-0.2, -0.15) is 0 Å². The average Bonchev–Trinajstić information content (AvgIpc) is 2.79. The molecule has 1 heterocycles. The van der Waals surface area contributed by atoms with Crippen LogP contribution < -0.4 is 16.0 Å². The summed E-state index contributed by atoms with van der Waals surface area (Å²) in [7, 11) is 1.92. The molecule has 1 aromatic heterocycles. The Morgan fingerprint density at radius 1 is 1.58 bits per heavy atom. The highest BCUT2D eigenvalue weighted by Crippen LogP contribution is 2.27. The Kier molecular flexibility index (Phi) is 6.16. The lowest BCUT2D eigenvalue weighted by Crippen LogP contribution is -2.24. The van der Waals surface area contributed by atoms with E-state index >= 15 is 0 Å². The zero-order valence-corrected chi connectivity index (χ0v) is 12.2. The Morgan fingerprint density at radius 2 is 2.32 bits per heavy atom. The van der Waals surface area contributed by atoms with Crippen LogP contribution >= 0.6 is 11.3 Å². The van der Waals surface area contributed by atoms with E-state index in [1.54, 1.807) is 0 Å². The molecule has 0 fully saturated rings.